The van der Waals surface area contributed by atoms with Crippen LogP contribution in [-0.4, -0.2) is 79.6 Å². The zero-order chi connectivity index (χ0) is 14.5. The normalized spacial score (nSPS) is 23.2. The van der Waals surface area contributed by atoms with E-state index in [1.807, 2.05) is 0 Å². The van der Waals surface area contributed by atoms with Gasteiger partial charge in [-0.05, 0) is 6.92 Å². The maximum atomic E-state index is 12.2. The number of piperazine rings is 2. The molecule has 112 valence electrons. The van der Waals surface area contributed by atoms with Gasteiger partial charge in [0.05, 0.1) is 13.2 Å². The first-order chi connectivity index (χ1) is 9.61. The molecule has 2 aliphatic heterocycles. The average Bonchev–Trinajstić information content (AvgIpc) is 2.48. The predicted molar refractivity (Wildman–Crippen MR) is 70.0 cm³/mol. The Balaban J connectivity index is 1.80. The summed E-state index contributed by atoms with van der Waals surface area (Å²) in [4.78, 5) is 38.1. The van der Waals surface area contributed by atoms with Crippen molar-refractivity contribution in [1.29, 1.82) is 0 Å². The van der Waals surface area contributed by atoms with Crippen molar-refractivity contribution in [2.45, 2.75) is 13.0 Å². The molecular weight excluding hydrogens is 264 g/mol. The topological polar surface area (TPSA) is 91.0 Å². The lowest BCUT2D eigenvalue weighted by atomic mass is 10.2. The summed E-state index contributed by atoms with van der Waals surface area (Å²) in [6.07, 6.45) is -0.331. The summed E-state index contributed by atoms with van der Waals surface area (Å²) >= 11 is 0. The zero-order valence-corrected chi connectivity index (χ0v) is 11.6. The molecule has 2 N–H and O–H groups in total. The van der Waals surface area contributed by atoms with Gasteiger partial charge in [0.15, 0.2) is 0 Å². The minimum Gasteiger partial charge on any atom is -0.450 e. The van der Waals surface area contributed by atoms with Gasteiger partial charge < -0.3 is 19.9 Å². The van der Waals surface area contributed by atoms with E-state index in [-0.39, 0.29) is 30.5 Å². The van der Waals surface area contributed by atoms with Crippen LogP contribution in [0.2, 0.25) is 0 Å². The number of rotatable bonds is 2. The van der Waals surface area contributed by atoms with Gasteiger partial charge >= 0.3 is 6.09 Å². The molecule has 3 amide bonds. The van der Waals surface area contributed by atoms with Gasteiger partial charge in [0.2, 0.25) is 11.8 Å². The second kappa shape index (κ2) is 6.56. The third-order valence-corrected chi connectivity index (χ3v) is 3.43. The molecule has 0 bridgehead atoms. The van der Waals surface area contributed by atoms with Gasteiger partial charge in [0, 0.05) is 32.7 Å². The smallest absolute Gasteiger partial charge is 0.409 e. The highest BCUT2D eigenvalue weighted by Gasteiger charge is 2.31. The van der Waals surface area contributed by atoms with Crippen LogP contribution in [0.25, 0.3) is 0 Å². The Kier molecular flexibility index (Phi) is 4.78. The summed E-state index contributed by atoms with van der Waals surface area (Å²) in [5.74, 6) is -0.130. The molecule has 20 heavy (non-hydrogen) atoms. The Morgan fingerprint density at radius 3 is 2.45 bits per heavy atom. The lowest BCUT2D eigenvalue weighted by Crippen LogP contribution is -2.61. The Labute approximate surface area is 117 Å². The molecule has 0 radical (unpaired) electrons. The highest BCUT2D eigenvalue weighted by atomic mass is 16.6. The molecule has 2 heterocycles. The fourth-order valence-corrected chi connectivity index (χ4v) is 2.29. The van der Waals surface area contributed by atoms with Crippen molar-refractivity contribution in [3.05, 3.63) is 0 Å². The number of hydrogen-bond acceptors (Lipinski definition) is 5. The Morgan fingerprint density at radius 1 is 1.25 bits per heavy atom. The number of carbonyl (C=O) groups excluding carboxylic acids is 3. The molecule has 0 saturated carbocycles. The van der Waals surface area contributed by atoms with Crippen molar-refractivity contribution in [1.82, 2.24) is 20.4 Å². The SMILES string of the molecule is CCOC(=O)N1CCN(C(=O)C2CNC(=O)CN2)CC1. The maximum Gasteiger partial charge on any atom is 0.409 e. The molecule has 0 aromatic carbocycles. The van der Waals surface area contributed by atoms with E-state index in [2.05, 4.69) is 10.6 Å². The summed E-state index contributed by atoms with van der Waals surface area (Å²) < 4.78 is 4.93. The van der Waals surface area contributed by atoms with Crippen molar-refractivity contribution in [2.75, 3.05) is 45.9 Å². The quantitative estimate of drug-likeness (QED) is 0.636. The van der Waals surface area contributed by atoms with Gasteiger partial charge in [0.1, 0.15) is 6.04 Å². The zero-order valence-electron chi connectivity index (χ0n) is 11.6. The molecule has 1 unspecified atom stereocenters. The molecule has 8 heteroatoms. The highest BCUT2D eigenvalue weighted by Crippen LogP contribution is 2.06. The van der Waals surface area contributed by atoms with Gasteiger partial charge in [-0.1, -0.05) is 0 Å². The fourth-order valence-electron chi connectivity index (χ4n) is 2.29. The minimum atomic E-state index is -0.373. The van der Waals surface area contributed by atoms with Crippen molar-refractivity contribution in [3.63, 3.8) is 0 Å². The average molecular weight is 284 g/mol. The minimum absolute atomic E-state index is 0.0338. The van der Waals surface area contributed by atoms with Crippen LogP contribution in [0.15, 0.2) is 0 Å². The first kappa shape index (κ1) is 14.6. The Hall–Kier alpha value is -1.83. The van der Waals surface area contributed by atoms with Crippen molar-refractivity contribution >= 4 is 17.9 Å². The predicted octanol–water partition coefficient (Wildman–Crippen LogP) is -1.62. The van der Waals surface area contributed by atoms with E-state index in [9.17, 15) is 14.4 Å². The van der Waals surface area contributed by atoms with Crippen LogP contribution in [-0.2, 0) is 14.3 Å². The standard InChI is InChI=1S/C12H20N4O4/c1-2-20-12(19)16-5-3-15(4-6-16)11(18)9-7-14-10(17)8-13-9/h9,13H,2-8H2,1H3,(H,14,17). The van der Waals surface area contributed by atoms with E-state index in [0.29, 0.717) is 39.3 Å². The lowest BCUT2D eigenvalue weighted by molar-refractivity contribution is -0.136. The van der Waals surface area contributed by atoms with Gasteiger partial charge in [-0.3, -0.25) is 14.9 Å². The summed E-state index contributed by atoms with van der Waals surface area (Å²) in [6, 6.07) is -0.373. The van der Waals surface area contributed by atoms with Crippen LogP contribution in [0, 0.1) is 0 Å². The molecule has 2 saturated heterocycles. The van der Waals surface area contributed by atoms with E-state index in [1.54, 1.807) is 16.7 Å². The first-order valence-electron chi connectivity index (χ1n) is 6.82. The van der Waals surface area contributed by atoms with Crippen LogP contribution in [0.4, 0.5) is 4.79 Å². The van der Waals surface area contributed by atoms with Crippen LogP contribution in [0.1, 0.15) is 6.92 Å². The van der Waals surface area contributed by atoms with Gasteiger partial charge in [-0.2, -0.15) is 0 Å². The van der Waals surface area contributed by atoms with Crippen LogP contribution in [0.3, 0.4) is 0 Å². The molecule has 0 aliphatic carbocycles. The Bertz CT molecular complexity index is 383. The number of carbonyl (C=O) groups is 3. The van der Waals surface area contributed by atoms with Crippen molar-refractivity contribution < 1.29 is 19.1 Å². The first-order valence-corrected chi connectivity index (χ1v) is 6.82. The summed E-state index contributed by atoms with van der Waals surface area (Å²) in [7, 11) is 0. The van der Waals surface area contributed by atoms with E-state index < -0.39 is 0 Å². The third-order valence-electron chi connectivity index (χ3n) is 3.43. The highest BCUT2D eigenvalue weighted by molar-refractivity contribution is 5.87. The molecular formula is C12H20N4O4. The number of ether oxygens (including phenoxy) is 1. The van der Waals surface area contributed by atoms with E-state index in [1.165, 1.54) is 0 Å². The molecule has 2 fully saturated rings. The van der Waals surface area contributed by atoms with Crippen LogP contribution < -0.4 is 10.6 Å². The summed E-state index contributed by atoms with van der Waals surface area (Å²) in [5.41, 5.74) is 0. The van der Waals surface area contributed by atoms with Gasteiger partial charge in [-0.15, -0.1) is 0 Å². The molecule has 0 aromatic heterocycles. The third kappa shape index (κ3) is 3.38. The number of hydrogen-bond donors (Lipinski definition) is 2. The van der Waals surface area contributed by atoms with Crippen LogP contribution >= 0.6 is 0 Å². The molecule has 1 atom stereocenters. The second-order valence-electron chi connectivity index (χ2n) is 4.75. The molecule has 0 aromatic rings. The lowest BCUT2D eigenvalue weighted by Gasteiger charge is -2.36. The number of nitrogens with one attached hydrogen (secondary N) is 2. The van der Waals surface area contributed by atoms with E-state index >= 15 is 0 Å². The maximum absolute atomic E-state index is 12.2. The van der Waals surface area contributed by atoms with Gasteiger partial charge in [0.25, 0.3) is 0 Å². The second-order valence-corrected chi connectivity index (χ2v) is 4.75. The summed E-state index contributed by atoms with van der Waals surface area (Å²) in [6.45, 7) is 4.53. The van der Waals surface area contributed by atoms with Crippen LogP contribution in [0.5, 0.6) is 0 Å². The molecule has 0 spiro atoms. The molecule has 2 rings (SSSR count). The number of amides is 3. The monoisotopic (exact) mass is 284 g/mol. The van der Waals surface area contributed by atoms with Crippen molar-refractivity contribution in [2.24, 2.45) is 0 Å². The van der Waals surface area contributed by atoms with Gasteiger partial charge in [-0.25, -0.2) is 4.79 Å². The van der Waals surface area contributed by atoms with E-state index in [0.717, 1.165) is 0 Å². The van der Waals surface area contributed by atoms with Crippen molar-refractivity contribution in [3.8, 4) is 0 Å². The summed E-state index contributed by atoms with van der Waals surface area (Å²) in [5, 5.41) is 5.57. The number of nitrogens with zero attached hydrogens (tertiary/aromatic N) is 2. The fraction of sp³-hybridized carbons (Fsp3) is 0.750. The largest absolute Gasteiger partial charge is 0.450 e. The Morgan fingerprint density at radius 2 is 1.90 bits per heavy atom. The van der Waals surface area contributed by atoms with E-state index in [4.69, 9.17) is 4.74 Å². The molecule has 2 aliphatic rings. The molecule has 8 nitrogen and oxygen atoms in total.